The van der Waals surface area contributed by atoms with Crippen LogP contribution in [0.4, 0.5) is 4.39 Å². The summed E-state index contributed by atoms with van der Waals surface area (Å²) in [5.74, 6) is 0.735. The highest BCUT2D eigenvalue weighted by molar-refractivity contribution is 8.01. The van der Waals surface area contributed by atoms with Gasteiger partial charge in [0.2, 0.25) is 0 Å². The van der Waals surface area contributed by atoms with Crippen LogP contribution in [-0.2, 0) is 0 Å². The molecule has 2 fully saturated rings. The Morgan fingerprint density at radius 2 is 2.33 bits per heavy atom. The largest absolute Gasteiger partial charge is 0.471 e. The Morgan fingerprint density at radius 3 is 3.04 bits per heavy atom. The molecular formula is C17H17FN2O3S. The number of thioether (sulfide) groups is 1. The monoisotopic (exact) mass is 348 g/mol. The van der Waals surface area contributed by atoms with Crippen LogP contribution in [0, 0.1) is 12.7 Å². The van der Waals surface area contributed by atoms with Crippen LogP contribution in [-0.4, -0.2) is 45.5 Å². The fraction of sp³-hybridized carbons (Fsp3) is 0.412. The summed E-state index contributed by atoms with van der Waals surface area (Å²) in [5, 5.41) is 0. The highest BCUT2D eigenvalue weighted by atomic mass is 32.2. The number of hydrogen-bond donors (Lipinski definition) is 0. The second-order valence-electron chi connectivity index (χ2n) is 6.32. The van der Waals surface area contributed by atoms with E-state index < -0.39 is 5.82 Å². The van der Waals surface area contributed by atoms with E-state index in [9.17, 15) is 9.18 Å². The Kier molecular flexibility index (Phi) is 3.75. The van der Waals surface area contributed by atoms with Gasteiger partial charge in [-0.3, -0.25) is 4.79 Å². The summed E-state index contributed by atoms with van der Waals surface area (Å²) >= 11 is 1.79. The second-order valence-corrected chi connectivity index (χ2v) is 7.81. The molecule has 0 N–H and O–H groups in total. The van der Waals surface area contributed by atoms with Gasteiger partial charge in [0.15, 0.2) is 11.6 Å². The number of hydrogen-bond acceptors (Lipinski definition) is 5. The summed E-state index contributed by atoms with van der Waals surface area (Å²) in [4.78, 5) is 18.1. The topological polar surface area (TPSA) is 55.6 Å². The van der Waals surface area contributed by atoms with Gasteiger partial charge in [0.05, 0.1) is 11.0 Å². The molecule has 0 saturated carbocycles. The van der Waals surface area contributed by atoms with Crippen LogP contribution in [0.3, 0.4) is 0 Å². The minimum atomic E-state index is -0.442. The minimum Gasteiger partial charge on any atom is -0.471 e. The molecule has 4 rings (SSSR count). The van der Waals surface area contributed by atoms with Crippen LogP contribution in [0.25, 0.3) is 0 Å². The zero-order valence-electron chi connectivity index (χ0n) is 13.2. The van der Waals surface area contributed by atoms with E-state index in [1.165, 1.54) is 18.5 Å². The molecule has 2 aromatic heterocycles. The standard InChI is InChI=1S/C17H17FN2O3S/c1-11-4-6-22-14(11)16(21)20-9-17(10-20)7-12(8-24-17)23-15-13(18)3-2-5-19-15/h2-6,12H,7-10H2,1H3/t12-/m0/s1. The number of likely N-dealkylation sites (tertiary alicyclic amines) is 1. The number of furan rings is 1. The molecule has 2 aromatic rings. The predicted molar refractivity (Wildman–Crippen MR) is 87.8 cm³/mol. The highest BCUT2D eigenvalue weighted by Gasteiger charge is 2.52. The number of amides is 1. The summed E-state index contributed by atoms with van der Waals surface area (Å²) in [6.45, 7) is 3.20. The van der Waals surface area contributed by atoms with E-state index in [0.717, 1.165) is 17.7 Å². The van der Waals surface area contributed by atoms with Gasteiger partial charge in [-0.25, -0.2) is 9.37 Å². The fourth-order valence-corrected chi connectivity index (χ4v) is 4.77. The predicted octanol–water partition coefficient (Wildman–Crippen LogP) is 2.90. The molecule has 0 aromatic carbocycles. The van der Waals surface area contributed by atoms with Crippen molar-refractivity contribution in [3.8, 4) is 5.88 Å². The molecule has 1 spiro atoms. The summed E-state index contributed by atoms with van der Waals surface area (Å²) in [5.41, 5.74) is 0.854. The van der Waals surface area contributed by atoms with Crippen molar-refractivity contribution in [1.82, 2.24) is 9.88 Å². The third-order valence-electron chi connectivity index (χ3n) is 4.48. The molecular weight excluding hydrogens is 331 g/mol. The Balaban J connectivity index is 1.36. The molecule has 0 bridgehead atoms. The first kappa shape index (κ1) is 15.5. The van der Waals surface area contributed by atoms with Crippen LogP contribution < -0.4 is 4.74 Å². The lowest BCUT2D eigenvalue weighted by Gasteiger charge is -2.47. The van der Waals surface area contributed by atoms with Gasteiger partial charge in [0.25, 0.3) is 11.8 Å². The lowest BCUT2D eigenvalue weighted by molar-refractivity contribution is 0.0482. The van der Waals surface area contributed by atoms with Gasteiger partial charge in [0, 0.05) is 37.0 Å². The van der Waals surface area contributed by atoms with Gasteiger partial charge in [-0.1, -0.05) is 0 Å². The molecule has 126 valence electrons. The zero-order chi connectivity index (χ0) is 16.7. The molecule has 4 heterocycles. The lowest BCUT2D eigenvalue weighted by atomic mass is 9.92. The first-order valence-corrected chi connectivity index (χ1v) is 8.79. The lowest BCUT2D eigenvalue weighted by Crippen LogP contribution is -2.60. The average Bonchev–Trinajstić information content (AvgIpc) is 3.14. The SMILES string of the molecule is Cc1ccoc1C(=O)N1CC2(C[C@H](Oc3ncccc3F)CS2)C1. The molecule has 0 unspecified atom stereocenters. The quantitative estimate of drug-likeness (QED) is 0.854. The molecule has 1 atom stereocenters. The first-order chi connectivity index (χ1) is 11.6. The number of pyridine rings is 1. The molecule has 2 saturated heterocycles. The smallest absolute Gasteiger partial charge is 0.289 e. The number of carbonyl (C=O) groups excluding carboxylic acids is 1. The molecule has 24 heavy (non-hydrogen) atoms. The molecule has 7 heteroatoms. The second kappa shape index (κ2) is 5.81. The average molecular weight is 348 g/mol. The molecule has 2 aliphatic heterocycles. The molecule has 0 radical (unpaired) electrons. The number of rotatable bonds is 3. The maximum Gasteiger partial charge on any atom is 0.289 e. The van der Waals surface area contributed by atoms with Crippen molar-refractivity contribution in [3.05, 3.63) is 47.8 Å². The zero-order valence-corrected chi connectivity index (χ0v) is 14.0. The van der Waals surface area contributed by atoms with Crippen molar-refractivity contribution in [1.29, 1.82) is 0 Å². The number of aromatic nitrogens is 1. The third-order valence-corrected chi connectivity index (χ3v) is 6.06. The van der Waals surface area contributed by atoms with Gasteiger partial charge in [-0.2, -0.15) is 0 Å². The van der Waals surface area contributed by atoms with Gasteiger partial charge in [-0.15, -0.1) is 11.8 Å². The van der Waals surface area contributed by atoms with E-state index >= 15 is 0 Å². The highest BCUT2D eigenvalue weighted by Crippen LogP contribution is 2.46. The van der Waals surface area contributed by atoms with E-state index in [4.69, 9.17) is 9.15 Å². The fourth-order valence-electron chi connectivity index (χ4n) is 3.24. The summed E-state index contributed by atoms with van der Waals surface area (Å²) < 4.78 is 24.6. The van der Waals surface area contributed by atoms with Crippen molar-refractivity contribution >= 4 is 17.7 Å². The van der Waals surface area contributed by atoms with Gasteiger partial charge in [-0.05, 0) is 25.1 Å². The molecule has 1 amide bonds. The normalized spacial score (nSPS) is 21.8. The van der Waals surface area contributed by atoms with E-state index in [1.54, 1.807) is 28.8 Å². The van der Waals surface area contributed by atoms with Crippen molar-refractivity contribution in [2.75, 3.05) is 18.8 Å². The van der Waals surface area contributed by atoms with E-state index in [-0.39, 0.29) is 22.6 Å². The van der Waals surface area contributed by atoms with Crippen LogP contribution in [0.2, 0.25) is 0 Å². The van der Waals surface area contributed by atoms with E-state index in [2.05, 4.69) is 4.98 Å². The maximum absolute atomic E-state index is 13.6. The third kappa shape index (κ3) is 2.66. The van der Waals surface area contributed by atoms with Crippen molar-refractivity contribution < 1.29 is 18.3 Å². The van der Waals surface area contributed by atoms with Crippen LogP contribution in [0.5, 0.6) is 5.88 Å². The molecule has 5 nitrogen and oxygen atoms in total. The van der Waals surface area contributed by atoms with Crippen LogP contribution >= 0.6 is 11.8 Å². The number of halogens is 1. The number of ether oxygens (including phenoxy) is 1. The first-order valence-electron chi connectivity index (χ1n) is 7.81. The Labute approximate surface area is 143 Å². The van der Waals surface area contributed by atoms with Crippen molar-refractivity contribution in [2.24, 2.45) is 0 Å². The van der Waals surface area contributed by atoms with Crippen LogP contribution in [0.15, 0.2) is 35.1 Å². The van der Waals surface area contributed by atoms with Gasteiger partial charge < -0.3 is 14.1 Å². The summed E-state index contributed by atoms with van der Waals surface area (Å²) in [6.07, 6.45) is 3.76. The Bertz CT molecular complexity index is 773. The van der Waals surface area contributed by atoms with Gasteiger partial charge in [0.1, 0.15) is 6.10 Å². The Hall–Kier alpha value is -2.02. The number of nitrogens with zero attached hydrogens (tertiary/aromatic N) is 2. The number of aryl methyl sites for hydroxylation is 1. The van der Waals surface area contributed by atoms with Gasteiger partial charge >= 0.3 is 0 Å². The van der Waals surface area contributed by atoms with Crippen molar-refractivity contribution in [3.63, 3.8) is 0 Å². The van der Waals surface area contributed by atoms with E-state index in [0.29, 0.717) is 18.8 Å². The summed E-state index contributed by atoms with van der Waals surface area (Å²) in [7, 11) is 0. The maximum atomic E-state index is 13.6. The Morgan fingerprint density at radius 1 is 1.50 bits per heavy atom. The molecule has 0 aliphatic carbocycles. The van der Waals surface area contributed by atoms with E-state index in [1.807, 2.05) is 6.92 Å². The minimum absolute atomic E-state index is 0.00603. The summed E-state index contributed by atoms with van der Waals surface area (Å²) in [6, 6.07) is 4.67. The number of carbonyl (C=O) groups is 1. The van der Waals surface area contributed by atoms with Crippen LogP contribution in [0.1, 0.15) is 22.5 Å². The molecule has 2 aliphatic rings. The van der Waals surface area contributed by atoms with Crippen molar-refractivity contribution in [2.45, 2.75) is 24.2 Å².